The average molecular weight is 449 g/mol. The van der Waals surface area contributed by atoms with Crippen molar-refractivity contribution in [3.05, 3.63) is 17.5 Å². The summed E-state index contributed by atoms with van der Waals surface area (Å²) in [6, 6.07) is 1.22. The third-order valence-electron chi connectivity index (χ3n) is 8.19. The Morgan fingerprint density at radius 3 is 2.71 bits per heavy atom. The lowest BCUT2D eigenvalue weighted by atomic mass is 9.77. The number of aryl methyl sites for hydroxylation is 2. The van der Waals surface area contributed by atoms with E-state index in [1.807, 2.05) is 11.7 Å². The molecule has 6 nitrogen and oxygen atoms in total. The number of nitrogens with zero attached hydrogens (tertiary/aromatic N) is 4. The van der Waals surface area contributed by atoms with E-state index in [0.717, 1.165) is 77.4 Å². The maximum atomic E-state index is 14.0. The molecule has 0 aromatic carbocycles. The number of hydrogen-bond acceptors (Lipinski definition) is 3. The summed E-state index contributed by atoms with van der Waals surface area (Å²) in [5.74, 6) is 0.554. The van der Waals surface area contributed by atoms with E-state index in [4.69, 9.17) is 16.3 Å². The Bertz CT molecular complexity index is 791. The lowest BCUT2D eigenvalue weighted by Gasteiger charge is -2.54. The molecular formula is C24H37ClN4O2. The summed E-state index contributed by atoms with van der Waals surface area (Å²) < 4.78 is 7.95. The smallest absolute Gasteiger partial charge is 0.320 e. The minimum absolute atomic E-state index is 0.271. The van der Waals surface area contributed by atoms with E-state index < -0.39 is 0 Å². The van der Waals surface area contributed by atoms with Gasteiger partial charge in [-0.25, -0.2) is 4.79 Å². The van der Waals surface area contributed by atoms with Gasteiger partial charge in [0.25, 0.3) is 0 Å². The standard InChI is InChI=1S/C24H37ClN4O2/c1-3-31-21-10-4-16-15-28(20-9-11-22-17(12-20)14-27(2)26-22)24(30)29(23(16)13-21)19-7-5-18(25)6-8-19/h14,16,18-21,23H,3-13,15H2,1-2H3. The van der Waals surface area contributed by atoms with Gasteiger partial charge in [-0.3, -0.25) is 4.68 Å². The van der Waals surface area contributed by atoms with Gasteiger partial charge in [-0.1, -0.05) is 0 Å². The van der Waals surface area contributed by atoms with Crippen LogP contribution in [-0.2, 0) is 24.6 Å². The second-order valence-electron chi connectivity index (χ2n) is 10.1. The van der Waals surface area contributed by atoms with Crippen LogP contribution < -0.4 is 0 Å². The highest BCUT2D eigenvalue weighted by molar-refractivity contribution is 6.20. The van der Waals surface area contributed by atoms with Crippen molar-refractivity contribution in [1.82, 2.24) is 19.6 Å². The van der Waals surface area contributed by atoms with Gasteiger partial charge in [-0.05, 0) is 82.6 Å². The maximum absolute atomic E-state index is 14.0. The number of urea groups is 1. The van der Waals surface area contributed by atoms with Crippen LogP contribution in [-0.4, -0.2) is 68.4 Å². The average Bonchev–Trinajstić information content (AvgIpc) is 3.14. The highest BCUT2D eigenvalue weighted by atomic mass is 35.5. The Balaban J connectivity index is 1.38. The zero-order valence-corrected chi connectivity index (χ0v) is 19.8. The van der Waals surface area contributed by atoms with Gasteiger partial charge in [0.1, 0.15) is 0 Å². The predicted octanol–water partition coefficient (Wildman–Crippen LogP) is 4.14. The molecule has 2 amide bonds. The molecule has 2 heterocycles. The van der Waals surface area contributed by atoms with Gasteiger partial charge >= 0.3 is 6.03 Å². The van der Waals surface area contributed by atoms with E-state index in [1.165, 1.54) is 11.3 Å². The molecule has 31 heavy (non-hydrogen) atoms. The van der Waals surface area contributed by atoms with Crippen molar-refractivity contribution in [2.24, 2.45) is 13.0 Å². The molecule has 7 heteroatoms. The third kappa shape index (κ3) is 4.22. The number of carbonyl (C=O) groups is 1. The molecule has 3 aliphatic carbocycles. The van der Waals surface area contributed by atoms with E-state index in [9.17, 15) is 4.79 Å². The monoisotopic (exact) mass is 448 g/mol. The molecule has 0 N–H and O–H groups in total. The maximum Gasteiger partial charge on any atom is 0.320 e. The van der Waals surface area contributed by atoms with Crippen LogP contribution in [0.3, 0.4) is 0 Å². The largest absolute Gasteiger partial charge is 0.378 e. The van der Waals surface area contributed by atoms with Crippen LogP contribution in [0.5, 0.6) is 0 Å². The normalized spacial score (nSPS) is 36.3. The Morgan fingerprint density at radius 2 is 1.94 bits per heavy atom. The second kappa shape index (κ2) is 8.93. The van der Waals surface area contributed by atoms with Crippen LogP contribution in [0.2, 0.25) is 0 Å². The number of aromatic nitrogens is 2. The number of fused-ring (bicyclic) bond motifs is 2. The van der Waals surface area contributed by atoms with Gasteiger partial charge in [-0.15, -0.1) is 11.6 Å². The molecule has 0 bridgehead atoms. The highest BCUT2D eigenvalue weighted by Crippen LogP contribution is 2.40. The summed E-state index contributed by atoms with van der Waals surface area (Å²) in [7, 11) is 2.00. The Hall–Kier alpha value is -1.27. The molecule has 4 aliphatic rings. The Labute approximate surface area is 191 Å². The van der Waals surface area contributed by atoms with Crippen LogP contribution in [0.15, 0.2) is 6.20 Å². The predicted molar refractivity (Wildman–Crippen MR) is 121 cm³/mol. The van der Waals surface area contributed by atoms with E-state index in [0.29, 0.717) is 30.1 Å². The Kier molecular flexibility index (Phi) is 6.22. The van der Waals surface area contributed by atoms with E-state index in [-0.39, 0.29) is 11.4 Å². The molecule has 0 radical (unpaired) electrons. The van der Waals surface area contributed by atoms with Crippen molar-refractivity contribution in [3.63, 3.8) is 0 Å². The van der Waals surface area contributed by atoms with Gasteiger partial charge in [0.05, 0.1) is 11.8 Å². The topological polar surface area (TPSA) is 50.6 Å². The summed E-state index contributed by atoms with van der Waals surface area (Å²) in [6.45, 7) is 3.74. The van der Waals surface area contributed by atoms with Crippen LogP contribution in [0.1, 0.15) is 69.5 Å². The number of amides is 2. The van der Waals surface area contributed by atoms with Crippen LogP contribution >= 0.6 is 11.6 Å². The zero-order valence-electron chi connectivity index (χ0n) is 19.0. The Morgan fingerprint density at radius 1 is 1.13 bits per heavy atom. The zero-order chi connectivity index (χ0) is 21.5. The van der Waals surface area contributed by atoms with Crippen LogP contribution in [0, 0.1) is 5.92 Å². The molecule has 4 atom stereocenters. The quantitative estimate of drug-likeness (QED) is 0.650. The SMILES string of the molecule is CCOC1CCC2CN(C3CCc4nn(C)cc4C3)C(=O)N(C3CCC(Cl)CC3)C2C1. The lowest BCUT2D eigenvalue weighted by molar-refractivity contribution is -0.0516. The number of rotatable bonds is 4. The lowest BCUT2D eigenvalue weighted by Crippen LogP contribution is -2.66. The first-order valence-electron chi connectivity index (χ1n) is 12.4. The number of hydrogen-bond donors (Lipinski definition) is 0. The molecule has 2 saturated carbocycles. The first-order chi connectivity index (χ1) is 15.0. The number of halogens is 1. The van der Waals surface area contributed by atoms with Crippen molar-refractivity contribution >= 4 is 17.6 Å². The fraction of sp³-hybridized carbons (Fsp3) is 0.833. The summed E-state index contributed by atoms with van der Waals surface area (Å²) in [5.41, 5.74) is 2.54. The first-order valence-corrected chi connectivity index (χ1v) is 12.8. The van der Waals surface area contributed by atoms with Crippen molar-refractivity contribution in [1.29, 1.82) is 0 Å². The molecular weight excluding hydrogens is 412 g/mol. The van der Waals surface area contributed by atoms with E-state index >= 15 is 0 Å². The molecule has 4 unspecified atom stereocenters. The fourth-order valence-electron chi connectivity index (χ4n) is 6.67. The summed E-state index contributed by atoms with van der Waals surface area (Å²) in [6.07, 6.45) is 12.8. The summed E-state index contributed by atoms with van der Waals surface area (Å²) in [4.78, 5) is 18.5. The van der Waals surface area contributed by atoms with Gasteiger partial charge < -0.3 is 14.5 Å². The molecule has 1 saturated heterocycles. The minimum Gasteiger partial charge on any atom is -0.378 e. The van der Waals surface area contributed by atoms with E-state index in [1.54, 1.807) is 0 Å². The minimum atomic E-state index is 0.271. The first kappa shape index (κ1) is 21.6. The molecule has 5 rings (SSSR count). The number of alkyl halides is 1. The van der Waals surface area contributed by atoms with Gasteiger partial charge in [0, 0.05) is 49.9 Å². The summed E-state index contributed by atoms with van der Waals surface area (Å²) >= 11 is 6.42. The van der Waals surface area contributed by atoms with Crippen molar-refractivity contribution in [2.75, 3.05) is 13.2 Å². The third-order valence-corrected chi connectivity index (χ3v) is 8.62. The molecule has 3 fully saturated rings. The molecule has 1 aliphatic heterocycles. The van der Waals surface area contributed by atoms with Crippen LogP contribution in [0.25, 0.3) is 0 Å². The fourth-order valence-corrected chi connectivity index (χ4v) is 6.92. The van der Waals surface area contributed by atoms with Crippen molar-refractivity contribution < 1.29 is 9.53 Å². The molecule has 1 aromatic rings. The van der Waals surface area contributed by atoms with Crippen molar-refractivity contribution in [2.45, 2.75) is 101 Å². The van der Waals surface area contributed by atoms with Crippen molar-refractivity contribution in [3.8, 4) is 0 Å². The van der Waals surface area contributed by atoms with Gasteiger partial charge in [0.15, 0.2) is 0 Å². The molecule has 172 valence electrons. The second-order valence-corrected chi connectivity index (χ2v) is 10.8. The van der Waals surface area contributed by atoms with Gasteiger partial charge in [0.2, 0.25) is 0 Å². The van der Waals surface area contributed by atoms with E-state index in [2.05, 4.69) is 28.0 Å². The highest BCUT2D eigenvalue weighted by Gasteiger charge is 2.48. The number of ether oxygens (including phenoxy) is 1. The summed E-state index contributed by atoms with van der Waals surface area (Å²) in [5, 5.41) is 4.88. The molecule has 1 aromatic heterocycles. The van der Waals surface area contributed by atoms with Crippen LogP contribution in [0.4, 0.5) is 4.79 Å². The molecule has 0 spiro atoms. The van der Waals surface area contributed by atoms with Gasteiger partial charge in [-0.2, -0.15) is 5.10 Å². The number of carbonyl (C=O) groups excluding carboxylic acids is 1.